The fourth-order valence-electron chi connectivity index (χ4n) is 1.86. The van der Waals surface area contributed by atoms with Crippen LogP contribution in [-0.2, 0) is 0 Å². The fourth-order valence-corrected chi connectivity index (χ4v) is 1.86. The van der Waals surface area contributed by atoms with Gasteiger partial charge in [0.05, 0.1) is 0 Å². The number of carboxylic acids is 1. The van der Waals surface area contributed by atoms with E-state index in [1.54, 1.807) is 0 Å². The number of carboxylic acid groups (broad SMARTS) is 1. The van der Waals surface area contributed by atoms with E-state index in [2.05, 4.69) is 4.98 Å². The zero-order valence-corrected chi connectivity index (χ0v) is 9.65. The van der Waals surface area contributed by atoms with Crippen LogP contribution in [0.3, 0.4) is 0 Å². The van der Waals surface area contributed by atoms with Gasteiger partial charge in [-0.05, 0) is 0 Å². The normalized spacial score (nSPS) is 19.5. The average Bonchev–Trinajstić information content (AvgIpc) is 2.78. The number of anilines is 1. The molecule has 0 spiro atoms. The highest BCUT2D eigenvalue weighted by molar-refractivity contribution is 5.85. The molecule has 19 heavy (non-hydrogen) atoms. The van der Waals surface area contributed by atoms with Crippen molar-refractivity contribution >= 4 is 12.0 Å². The maximum Gasteiger partial charge on any atom is 0.417 e. The van der Waals surface area contributed by atoms with Gasteiger partial charge in [-0.15, -0.1) is 0 Å². The number of aliphatic hydroxyl groups is 1. The van der Waals surface area contributed by atoms with Crippen LogP contribution < -0.4 is 4.90 Å². The van der Waals surface area contributed by atoms with Gasteiger partial charge in [-0.1, -0.05) is 0 Å². The van der Waals surface area contributed by atoms with Crippen molar-refractivity contribution in [3.05, 3.63) is 12.0 Å². The molecule has 9 heteroatoms. The number of halogens is 3. The summed E-state index contributed by atoms with van der Waals surface area (Å²) in [5.74, 6) is -1.28. The van der Waals surface area contributed by atoms with E-state index in [1.165, 1.54) is 4.90 Å². The van der Waals surface area contributed by atoms with Crippen molar-refractivity contribution in [2.24, 2.45) is 0 Å². The lowest BCUT2D eigenvalue weighted by Crippen LogP contribution is -2.53. The number of carbonyl (C=O) groups is 1. The number of aromatic carboxylic acids is 1. The third kappa shape index (κ3) is 2.50. The Balaban J connectivity index is 2.05. The molecule has 2 rings (SSSR count). The highest BCUT2D eigenvalue weighted by Gasteiger charge is 2.54. The van der Waals surface area contributed by atoms with Crippen LogP contribution in [0.5, 0.6) is 0 Å². The van der Waals surface area contributed by atoms with Gasteiger partial charge < -0.3 is 19.5 Å². The molecule has 0 bridgehead atoms. The largest absolute Gasteiger partial charge is 0.476 e. The predicted octanol–water partition coefficient (Wildman–Crippen LogP) is 1.27. The Morgan fingerprint density at radius 1 is 1.42 bits per heavy atom. The maximum absolute atomic E-state index is 12.6. The van der Waals surface area contributed by atoms with Crippen molar-refractivity contribution in [1.29, 1.82) is 0 Å². The minimum absolute atomic E-state index is 0.0541. The van der Waals surface area contributed by atoms with E-state index in [9.17, 15) is 23.1 Å². The molecule has 2 N–H and O–H groups in total. The number of alkyl halides is 3. The Bertz CT molecular complexity index is 477. The summed E-state index contributed by atoms with van der Waals surface area (Å²) in [6, 6.07) is -0.0541. The Hall–Kier alpha value is -1.77. The van der Waals surface area contributed by atoms with Gasteiger partial charge in [0.2, 0.25) is 0 Å². The van der Waals surface area contributed by atoms with Gasteiger partial charge in [0.15, 0.2) is 11.3 Å². The monoisotopic (exact) mass is 280 g/mol. The molecule has 0 aliphatic carbocycles. The predicted molar refractivity (Wildman–Crippen MR) is 55.9 cm³/mol. The van der Waals surface area contributed by atoms with E-state index in [-0.39, 0.29) is 24.8 Å². The number of aromatic nitrogens is 1. The molecule has 1 saturated heterocycles. The molecule has 0 amide bonds. The van der Waals surface area contributed by atoms with E-state index in [0.717, 1.165) is 6.26 Å². The zero-order valence-electron chi connectivity index (χ0n) is 9.65. The van der Waals surface area contributed by atoms with Crippen molar-refractivity contribution in [3.63, 3.8) is 0 Å². The van der Waals surface area contributed by atoms with E-state index in [1.807, 2.05) is 0 Å². The first kappa shape index (κ1) is 13.7. The molecule has 2 heterocycles. The second kappa shape index (κ2) is 4.41. The zero-order chi connectivity index (χ0) is 14.3. The van der Waals surface area contributed by atoms with Gasteiger partial charge in [0.25, 0.3) is 6.01 Å². The van der Waals surface area contributed by atoms with Crippen LogP contribution in [0.2, 0.25) is 0 Å². The lowest BCUT2D eigenvalue weighted by Gasteiger charge is -2.38. The van der Waals surface area contributed by atoms with Crippen LogP contribution in [0.15, 0.2) is 10.7 Å². The first-order valence-corrected chi connectivity index (χ1v) is 5.46. The number of hydrogen-bond acceptors (Lipinski definition) is 5. The molecule has 6 nitrogen and oxygen atoms in total. The summed E-state index contributed by atoms with van der Waals surface area (Å²) >= 11 is 0. The molecular formula is C10H11F3N2O4. The standard InChI is InChI=1S/C10H11F3N2O4/c11-10(12,13)9(18)1-3-15(4-2-9)8-14-6(5-19-8)7(16)17/h5,18H,1-4H2,(H,16,17). The molecule has 0 saturated carbocycles. The summed E-state index contributed by atoms with van der Waals surface area (Å²) in [6.45, 7) is -0.231. The minimum atomic E-state index is -4.68. The van der Waals surface area contributed by atoms with Crippen molar-refractivity contribution in [3.8, 4) is 0 Å². The van der Waals surface area contributed by atoms with Gasteiger partial charge >= 0.3 is 12.1 Å². The topological polar surface area (TPSA) is 86.8 Å². The summed E-state index contributed by atoms with van der Waals surface area (Å²) in [5.41, 5.74) is -3.02. The highest BCUT2D eigenvalue weighted by Crippen LogP contribution is 2.39. The van der Waals surface area contributed by atoms with E-state index < -0.39 is 30.6 Å². The Morgan fingerprint density at radius 3 is 2.42 bits per heavy atom. The third-order valence-electron chi connectivity index (χ3n) is 3.10. The van der Waals surface area contributed by atoms with Crippen molar-refractivity contribution in [2.75, 3.05) is 18.0 Å². The summed E-state index contributed by atoms with van der Waals surface area (Å²) < 4.78 is 42.6. The number of oxazole rings is 1. The number of piperidine rings is 1. The highest BCUT2D eigenvalue weighted by atomic mass is 19.4. The molecule has 106 valence electrons. The minimum Gasteiger partial charge on any atom is -0.476 e. The van der Waals surface area contributed by atoms with Crippen molar-refractivity contribution in [2.45, 2.75) is 24.6 Å². The SMILES string of the molecule is O=C(O)c1coc(N2CCC(O)(C(F)(F)F)CC2)n1. The van der Waals surface area contributed by atoms with Crippen molar-refractivity contribution in [1.82, 2.24) is 4.98 Å². The molecule has 1 aliphatic heterocycles. The molecule has 0 radical (unpaired) electrons. The molecular weight excluding hydrogens is 269 g/mol. The molecule has 1 aromatic rings. The number of rotatable bonds is 2. The second-order valence-electron chi connectivity index (χ2n) is 4.34. The van der Waals surface area contributed by atoms with E-state index in [0.29, 0.717) is 0 Å². The summed E-state index contributed by atoms with van der Waals surface area (Å²) in [5, 5.41) is 18.1. The van der Waals surface area contributed by atoms with Gasteiger partial charge in [-0.25, -0.2) is 4.79 Å². The van der Waals surface area contributed by atoms with Crippen LogP contribution in [0, 0.1) is 0 Å². The van der Waals surface area contributed by atoms with Crippen LogP contribution in [0.1, 0.15) is 23.3 Å². The Labute approximate surface area is 105 Å². The molecule has 1 fully saturated rings. The van der Waals surface area contributed by atoms with Crippen LogP contribution in [0.25, 0.3) is 0 Å². The number of nitrogens with zero attached hydrogens (tertiary/aromatic N) is 2. The van der Waals surface area contributed by atoms with Gasteiger partial charge in [-0.3, -0.25) is 0 Å². The first-order chi connectivity index (χ1) is 8.73. The lowest BCUT2D eigenvalue weighted by atomic mass is 9.91. The van der Waals surface area contributed by atoms with Crippen LogP contribution >= 0.6 is 0 Å². The summed E-state index contributed by atoms with van der Waals surface area (Å²) in [7, 11) is 0. The Kier molecular flexibility index (Phi) is 3.17. The van der Waals surface area contributed by atoms with E-state index >= 15 is 0 Å². The molecule has 1 aliphatic rings. The van der Waals surface area contributed by atoms with E-state index in [4.69, 9.17) is 9.52 Å². The smallest absolute Gasteiger partial charge is 0.417 e. The molecule has 0 aromatic carbocycles. The molecule has 0 unspecified atom stereocenters. The van der Waals surface area contributed by atoms with Crippen LogP contribution in [-0.4, -0.2) is 46.0 Å². The summed E-state index contributed by atoms with van der Waals surface area (Å²) in [4.78, 5) is 15.6. The quantitative estimate of drug-likeness (QED) is 0.848. The number of hydrogen-bond donors (Lipinski definition) is 2. The average molecular weight is 280 g/mol. The van der Waals surface area contributed by atoms with Crippen LogP contribution in [0.4, 0.5) is 19.2 Å². The van der Waals surface area contributed by atoms with Crippen molar-refractivity contribution < 1.29 is 32.6 Å². The maximum atomic E-state index is 12.6. The lowest BCUT2D eigenvalue weighted by molar-refractivity contribution is -0.266. The van der Waals surface area contributed by atoms with Gasteiger partial charge in [0, 0.05) is 25.9 Å². The van der Waals surface area contributed by atoms with Gasteiger partial charge in [-0.2, -0.15) is 18.2 Å². The summed E-state index contributed by atoms with van der Waals surface area (Å²) in [6.07, 6.45) is -4.79. The second-order valence-corrected chi connectivity index (χ2v) is 4.34. The first-order valence-electron chi connectivity index (χ1n) is 5.46. The molecule has 0 atom stereocenters. The third-order valence-corrected chi connectivity index (χ3v) is 3.10. The fraction of sp³-hybridized carbons (Fsp3) is 0.600. The van der Waals surface area contributed by atoms with Gasteiger partial charge in [0.1, 0.15) is 6.26 Å². The Morgan fingerprint density at radius 2 is 2.00 bits per heavy atom. The molecule has 1 aromatic heterocycles.